The minimum absolute atomic E-state index is 0.0507. The van der Waals surface area contributed by atoms with Gasteiger partial charge in [0.15, 0.2) is 0 Å². The Bertz CT molecular complexity index is 600. The quantitative estimate of drug-likeness (QED) is 0.840. The highest BCUT2D eigenvalue weighted by Gasteiger charge is 2.36. The molecule has 0 saturated heterocycles. The number of hydrogen-bond acceptors (Lipinski definition) is 3. The molecule has 0 aliphatic heterocycles. The first-order valence-corrected chi connectivity index (χ1v) is 8.79. The highest BCUT2D eigenvalue weighted by atomic mass is 32.2. The summed E-state index contributed by atoms with van der Waals surface area (Å²) in [5.74, 6) is -0.100. The Hall–Kier alpha value is -0.980. The minimum atomic E-state index is -3.67. The van der Waals surface area contributed by atoms with Crippen molar-refractivity contribution in [3.05, 3.63) is 29.6 Å². The van der Waals surface area contributed by atoms with Gasteiger partial charge >= 0.3 is 0 Å². The summed E-state index contributed by atoms with van der Waals surface area (Å²) in [6.07, 6.45) is 2.13. The molecule has 1 fully saturated rings. The van der Waals surface area contributed by atoms with Crippen LogP contribution in [0.15, 0.2) is 23.1 Å². The van der Waals surface area contributed by atoms with Crippen LogP contribution in [-0.2, 0) is 16.6 Å². The zero-order chi connectivity index (χ0) is 15.6. The van der Waals surface area contributed by atoms with Crippen molar-refractivity contribution in [1.82, 2.24) is 9.62 Å². The summed E-state index contributed by atoms with van der Waals surface area (Å²) in [4.78, 5) is 0.0680. The van der Waals surface area contributed by atoms with E-state index < -0.39 is 15.8 Å². The average Bonchev–Trinajstić information content (AvgIpc) is 3.28. The van der Waals surface area contributed by atoms with Crippen LogP contribution in [0.25, 0.3) is 0 Å². The molecular formula is C15H23FN2O2S. The third kappa shape index (κ3) is 3.62. The van der Waals surface area contributed by atoms with Crippen molar-refractivity contribution < 1.29 is 12.8 Å². The van der Waals surface area contributed by atoms with Gasteiger partial charge in [0, 0.05) is 19.6 Å². The van der Waals surface area contributed by atoms with Crippen molar-refractivity contribution in [3.8, 4) is 0 Å². The van der Waals surface area contributed by atoms with E-state index in [1.54, 1.807) is 13.1 Å². The van der Waals surface area contributed by atoms with Gasteiger partial charge in [0.2, 0.25) is 10.0 Å². The molecule has 118 valence electrons. The van der Waals surface area contributed by atoms with E-state index in [-0.39, 0.29) is 10.9 Å². The van der Waals surface area contributed by atoms with Crippen LogP contribution in [0.1, 0.15) is 32.3 Å². The Kier molecular flexibility index (Phi) is 5.01. The first-order chi connectivity index (χ1) is 9.87. The molecule has 1 saturated carbocycles. The minimum Gasteiger partial charge on any atom is -0.313 e. The van der Waals surface area contributed by atoms with Gasteiger partial charge in [-0.2, -0.15) is 4.31 Å². The number of benzene rings is 1. The van der Waals surface area contributed by atoms with Gasteiger partial charge in [0.25, 0.3) is 0 Å². The predicted octanol–water partition coefficient (Wildman–Crippen LogP) is 2.35. The Morgan fingerprint density at radius 3 is 2.67 bits per heavy atom. The van der Waals surface area contributed by atoms with Crippen molar-refractivity contribution in [2.45, 2.75) is 44.2 Å². The smallest absolute Gasteiger partial charge is 0.243 e. The normalized spacial score (nSPS) is 17.2. The van der Waals surface area contributed by atoms with Crippen LogP contribution in [0.5, 0.6) is 0 Å². The molecule has 1 atom stereocenters. The van der Waals surface area contributed by atoms with Crippen LogP contribution in [0.3, 0.4) is 0 Å². The lowest BCUT2D eigenvalue weighted by atomic mass is 10.2. The molecule has 1 aromatic rings. The van der Waals surface area contributed by atoms with Crippen molar-refractivity contribution in [2.75, 3.05) is 13.6 Å². The predicted molar refractivity (Wildman–Crippen MR) is 80.9 cm³/mol. The first kappa shape index (κ1) is 16.4. The summed E-state index contributed by atoms with van der Waals surface area (Å²) in [7, 11) is -2.09. The maximum Gasteiger partial charge on any atom is 0.243 e. The average molecular weight is 314 g/mol. The van der Waals surface area contributed by atoms with Crippen molar-refractivity contribution in [1.29, 1.82) is 0 Å². The van der Waals surface area contributed by atoms with Gasteiger partial charge in [-0.3, -0.25) is 0 Å². The fourth-order valence-electron chi connectivity index (χ4n) is 2.42. The zero-order valence-corrected chi connectivity index (χ0v) is 13.6. The molecule has 0 bridgehead atoms. The van der Waals surface area contributed by atoms with Crippen LogP contribution in [0.2, 0.25) is 0 Å². The summed E-state index contributed by atoms with van der Waals surface area (Å²) in [5, 5.41) is 3.09. The molecule has 0 aromatic heterocycles. The van der Waals surface area contributed by atoms with Gasteiger partial charge in [-0.15, -0.1) is 0 Å². The van der Waals surface area contributed by atoms with Gasteiger partial charge in [-0.25, -0.2) is 12.8 Å². The highest BCUT2D eigenvalue weighted by Crippen LogP contribution is 2.36. The standard InChI is InChI=1S/C15H23FN2O2S/c1-4-17-10-13-7-8-14(16)9-15(13)21(19,20)18(3)11(2)12-5-6-12/h7-9,11-12,17H,4-6,10H2,1-3H3. The fraction of sp³-hybridized carbons (Fsp3) is 0.600. The summed E-state index contributed by atoms with van der Waals surface area (Å²) in [5.41, 5.74) is 0.605. The van der Waals surface area contributed by atoms with Gasteiger partial charge in [-0.1, -0.05) is 13.0 Å². The lowest BCUT2D eigenvalue weighted by Crippen LogP contribution is -2.37. The molecule has 0 heterocycles. The largest absolute Gasteiger partial charge is 0.313 e. The Balaban J connectivity index is 2.35. The second-order valence-corrected chi connectivity index (χ2v) is 7.60. The molecule has 21 heavy (non-hydrogen) atoms. The topological polar surface area (TPSA) is 49.4 Å². The Labute approximate surface area is 126 Å². The van der Waals surface area contributed by atoms with Gasteiger partial charge < -0.3 is 5.32 Å². The molecule has 0 amide bonds. The molecule has 4 nitrogen and oxygen atoms in total. The monoisotopic (exact) mass is 314 g/mol. The van der Waals surface area contributed by atoms with E-state index in [9.17, 15) is 12.8 Å². The number of sulfonamides is 1. The highest BCUT2D eigenvalue weighted by molar-refractivity contribution is 7.89. The number of nitrogens with zero attached hydrogens (tertiary/aromatic N) is 1. The van der Waals surface area contributed by atoms with Crippen LogP contribution in [0.4, 0.5) is 4.39 Å². The molecule has 1 N–H and O–H groups in total. The van der Waals surface area contributed by atoms with Crippen LogP contribution >= 0.6 is 0 Å². The summed E-state index contributed by atoms with van der Waals surface area (Å²) in [6, 6.07) is 3.92. The van der Waals surface area contributed by atoms with E-state index in [1.807, 2.05) is 13.8 Å². The van der Waals surface area contributed by atoms with Crippen LogP contribution < -0.4 is 5.32 Å². The Morgan fingerprint density at radius 2 is 2.10 bits per heavy atom. The molecular weight excluding hydrogens is 291 g/mol. The number of hydrogen-bond donors (Lipinski definition) is 1. The van der Waals surface area contributed by atoms with Crippen LogP contribution in [0, 0.1) is 11.7 Å². The molecule has 0 radical (unpaired) electrons. The van der Waals surface area contributed by atoms with Crippen molar-refractivity contribution in [3.63, 3.8) is 0 Å². The van der Waals surface area contributed by atoms with E-state index >= 15 is 0 Å². The summed E-state index contributed by atoms with van der Waals surface area (Å²) >= 11 is 0. The van der Waals surface area contributed by atoms with E-state index in [1.165, 1.54) is 10.4 Å². The molecule has 1 aromatic carbocycles. The lowest BCUT2D eigenvalue weighted by molar-refractivity contribution is 0.356. The number of rotatable bonds is 7. The van der Waals surface area contributed by atoms with Crippen LogP contribution in [-0.4, -0.2) is 32.4 Å². The maximum atomic E-state index is 13.5. The van der Waals surface area contributed by atoms with E-state index in [4.69, 9.17) is 0 Å². The Morgan fingerprint density at radius 1 is 1.43 bits per heavy atom. The molecule has 1 aliphatic carbocycles. The zero-order valence-electron chi connectivity index (χ0n) is 12.8. The van der Waals surface area contributed by atoms with E-state index in [0.717, 1.165) is 25.5 Å². The molecule has 1 unspecified atom stereocenters. The second-order valence-electron chi connectivity index (χ2n) is 5.63. The first-order valence-electron chi connectivity index (χ1n) is 7.35. The second kappa shape index (κ2) is 6.42. The summed E-state index contributed by atoms with van der Waals surface area (Å²) < 4.78 is 40.5. The van der Waals surface area contributed by atoms with E-state index in [2.05, 4.69) is 5.32 Å². The van der Waals surface area contributed by atoms with E-state index in [0.29, 0.717) is 18.0 Å². The fourth-order valence-corrected chi connectivity index (χ4v) is 4.08. The molecule has 2 rings (SSSR count). The molecule has 1 aliphatic rings. The number of halogens is 1. The number of nitrogens with one attached hydrogen (secondary N) is 1. The van der Waals surface area contributed by atoms with Crippen molar-refractivity contribution >= 4 is 10.0 Å². The third-order valence-electron chi connectivity index (χ3n) is 4.13. The van der Waals surface area contributed by atoms with Crippen molar-refractivity contribution in [2.24, 2.45) is 5.92 Å². The van der Waals surface area contributed by atoms with Gasteiger partial charge in [-0.05, 0) is 49.9 Å². The maximum absolute atomic E-state index is 13.5. The van der Waals surface area contributed by atoms with Gasteiger partial charge in [0.1, 0.15) is 5.82 Å². The van der Waals surface area contributed by atoms with Gasteiger partial charge in [0.05, 0.1) is 4.90 Å². The lowest BCUT2D eigenvalue weighted by Gasteiger charge is -2.25. The third-order valence-corrected chi connectivity index (χ3v) is 6.16. The SMILES string of the molecule is CCNCc1ccc(F)cc1S(=O)(=O)N(C)C(C)C1CC1. The summed E-state index contributed by atoms with van der Waals surface area (Å²) in [6.45, 7) is 5.00. The molecule has 0 spiro atoms. The molecule has 6 heteroatoms.